The van der Waals surface area contributed by atoms with Gasteiger partial charge in [-0.05, 0) is 54.7 Å². The van der Waals surface area contributed by atoms with Crippen molar-refractivity contribution in [2.45, 2.75) is 46.1 Å². The van der Waals surface area contributed by atoms with Gasteiger partial charge in [-0.3, -0.25) is 4.79 Å². The second-order valence-electron chi connectivity index (χ2n) is 8.84. The fourth-order valence-electron chi connectivity index (χ4n) is 3.58. The predicted molar refractivity (Wildman–Crippen MR) is 128 cm³/mol. The number of fused-ring (bicyclic) bond motifs is 1. The summed E-state index contributed by atoms with van der Waals surface area (Å²) in [4.78, 5) is 23.6. The van der Waals surface area contributed by atoms with Crippen molar-refractivity contribution in [3.63, 3.8) is 0 Å². The van der Waals surface area contributed by atoms with Crippen LogP contribution in [0.25, 0.3) is 10.9 Å². The lowest BCUT2D eigenvalue weighted by Crippen LogP contribution is -2.18. The molecule has 0 unspecified atom stereocenters. The molecule has 0 spiro atoms. The van der Waals surface area contributed by atoms with Crippen LogP contribution in [0.15, 0.2) is 48.5 Å². The minimum atomic E-state index is -0.501. The minimum Gasteiger partial charge on any atom is -0.494 e. The van der Waals surface area contributed by atoms with Crippen LogP contribution in [0.4, 0.5) is 0 Å². The Hall–Kier alpha value is -3.48. The quantitative estimate of drug-likeness (QED) is 0.362. The Kier molecular flexibility index (Phi) is 7.63. The summed E-state index contributed by atoms with van der Waals surface area (Å²) in [6.45, 7) is 9.43. The number of amides is 1. The number of ether oxygens (including phenoxy) is 3. The zero-order valence-corrected chi connectivity index (χ0v) is 19.7. The molecule has 1 amide bonds. The van der Waals surface area contributed by atoms with Crippen LogP contribution >= 0.6 is 0 Å². The van der Waals surface area contributed by atoms with Gasteiger partial charge >= 0.3 is 5.97 Å². The molecule has 0 aliphatic carbocycles. The largest absolute Gasteiger partial charge is 0.494 e. The third-order valence-electron chi connectivity index (χ3n) is 5.31. The molecule has 0 atom stereocenters. The first kappa shape index (κ1) is 24.2. The maximum Gasteiger partial charge on any atom is 0.344 e. The lowest BCUT2D eigenvalue weighted by molar-refractivity contribution is -0.145. The van der Waals surface area contributed by atoms with Crippen LogP contribution in [0, 0.1) is 0 Å². The van der Waals surface area contributed by atoms with Gasteiger partial charge in [-0.25, -0.2) is 4.79 Å². The average molecular weight is 453 g/mol. The molecule has 2 N–H and O–H groups in total. The zero-order chi connectivity index (χ0) is 24.0. The maximum atomic E-state index is 12.0. The number of carbonyl (C=O) groups is 2. The molecule has 0 bridgehead atoms. The number of carbonyl (C=O) groups excluding carboxylic acids is 2. The summed E-state index contributed by atoms with van der Waals surface area (Å²) in [5.74, 6) is 0.392. The van der Waals surface area contributed by atoms with E-state index in [1.807, 2.05) is 22.8 Å². The monoisotopic (exact) mass is 452 g/mol. The minimum absolute atomic E-state index is 0.0953. The van der Waals surface area contributed by atoms with Crippen molar-refractivity contribution >= 4 is 22.8 Å². The topological polar surface area (TPSA) is 92.8 Å². The molecule has 7 nitrogen and oxygen atoms in total. The first-order valence-electron chi connectivity index (χ1n) is 11.1. The molecule has 1 aromatic heterocycles. The molecule has 7 heteroatoms. The lowest BCUT2D eigenvalue weighted by Gasteiger charge is -2.19. The second-order valence-corrected chi connectivity index (χ2v) is 8.84. The van der Waals surface area contributed by atoms with E-state index in [1.54, 1.807) is 25.1 Å². The van der Waals surface area contributed by atoms with E-state index in [0.29, 0.717) is 37.6 Å². The fourth-order valence-corrected chi connectivity index (χ4v) is 3.58. The SMILES string of the molecule is CCOC(=O)COc1ccc2cc(C(N)=O)n(CCCOc3ccc(C(C)(C)C)cc3)c2c1. The van der Waals surface area contributed by atoms with Gasteiger partial charge in [0, 0.05) is 18.0 Å². The Morgan fingerprint density at radius 1 is 0.970 bits per heavy atom. The number of nitrogens with zero attached hydrogens (tertiary/aromatic N) is 1. The molecule has 0 aliphatic heterocycles. The molecular weight excluding hydrogens is 420 g/mol. The van der Waals surface area contributed by atoms with Gasteiger partial charge in [0.05, 0.1) is 18.7 Å². The van der Waals surface area contributed by atoms with Gasteiger partial charge in [-0.15, -0.1) is 0 Å². The smallest absolute Gasteiger partial charge is 0.344 e. The highest BCUT2D eigenvalue weighted by Crippen LogP contribution is 2.26. The van der Waals surface area contributed by atoms with Gasteiger partial charge < -0.3 is 24.5 Å². The van der Waals surface area contributed by atoms with Gasteiger partial charge in [-0.2, -0.15) is 0 Å². The van der Waals surface area contributed by atoms with Crippen molar-refractivity contribution in [3.8, 4) is 11.5 Å². The normalized spacial score (nSPS) is 11.4. The number of benzene rings is 2. The third-order valence-corrected chi connectivity index (χ3v) is 5.31. The van der Waals surface area contributed by atoms with Crippen LogP contribution in [-0.2, 0) is 21.5 Å². The highest BCUT2D eigenvalue weighted by molar-refractivity contribution is 5.98. The van der Waals surface area contributed by atoms with Gasteiger partial charge in [-0.1, -0.05) is 32.9 Å². The fraction of sp³-hybridized carbons (Fsp3) is 0.385. The van der Waals surface area contributed by atoms with E-state index in [1.165, 1.54) is 5.56 Å². The van der Waals surface area contributed by atoms with E-state index in [-0.39, 0.29) is 12.0 Å². The summed E-state index contributed by atoms with van der Waals surface area (Å²) in [5, 5.41) is 0.867. The van der Waals surface area contributed by atoms with Crippen molar-refractivity contribution in [2.24, 2.45) is 5.73 Å². The third kappa shape index (κ3) is 6.28. The van der Waals surface area contributed by atoms with E-state index < -0.39 is 11.9 Å². The Bertz CT molecular complexity index is 1110. The van der Waals surface area contributed by atoms with Crippen molar-refractivity contribution in [1.29, 1.82) is 0 Å². The van der Waals surface area contributed by atoms with Crippen LogP contribution in [0.2, 0.25) is 0 Å². The standard InChI is InChI=1S/C26H32N2O5/c1-5-31-24(29)17-33-21-10-7-18-15-23(25(27)30)28(22(18)16-21)13-6-14-32-20-11-8-19(9-12-20)26(2,3)4/h7-12,15-16H,5-6,13-14,17H2,1-4H3,(H2,27,30). The van der Waals surface area contributed by atoms with E-state index in [4.69, 9.17) is 19.9 Å². The number of aryl methyl sites for hydroxylation is 1. The van der Waals surface area contributed by atoms with Crippen molar-refractivity contribution < 1.29 is 23.8 Å². The second kappa shape index (κ2) is 10.4. The molecule has 0 aliphatic rings. The molecule has 3 aromatic rings. The van der Waals surface area contributed by atoms with Crippen LogP contribution in [0.1, 0.15) is 50.2 Å². The van der Waals surface area contributed by atoms with Crippen LogP contribution in [0.3, 0.4) is 0 Å². The average Bonchev–Trinajstić information content (AvgIpc) is 3.13. The summed E-state index contributed by atoms with van der Waals surface area (Å²) in [6.07, 6.45) is 0.680. The molecule has 0 fully saturated rings. The molecule has 2 aromatic carbocycles. The van der Waals surface area contributed by atoms with E-state index in [2.05, 4.69) is 32.9 Å². The molecule has 33 heavy (non-hydrogen) atoms. The molecule has 176 valence electrons. The van der Waals surface area contributed by atoms with E-state index in [9.17, 15) is 9.59 Å². The first-order valence-corrected chi connectivity index (χ1v) is 11.1. The summed E-state index contributed by atoms with van der Waals surface area (Å²) in [5.41, 5.74) is 8.18. The van der Waals surface area contributed by atoms with Gasteiger partial charge in [0.25, 0.3) is 5.91 Å². The highest BCUT2D eigenvalue weighted by Gasteiger charge is 2.15. The van der Waals surface area contributed by atoms with E-state index in [0.717, 1.165) is 16.7 Å². The van der Waals surface area contributed by atoms with E-state index >= 15 is 0 Å². The Morgan fingerprint density at radius 2 is 1.67 bits per heavy atom. The summed E-state index contributed by atoms with van der Waals surface area (Å²) in [6, 6.07) is 15.3. The Balaban J connectivity index is 1.67. The first-order chi connectivity index (χ1) is 15.7. The molecule has 0 radical (unpaired) electrons. The lowest BCUT2D eigenvalue weighted by atomic mass is 9.87. The zero-order valence-electron chi connectivity index (χ0n) is 19.7. The Morgan fingerprint density at radius 3 is 2.30 bits per heavy atom. The number of aromatic nitrogens is 1. The van der Waals surface area contributed by atoms with Crippen LogP contribution in [0.5, 0.6) is 11.5 Å². The highest BCUT2D eigenvalue weighted by atomic mass is 16.6. The number of hydrogen-bond acceptors (Lipinski definition) is 5. The van der Waals surface area contributed by atoms with Gasteiger partial charge in [0.15, 0.2) is 6.61 Å². The van der Waals surface area contributed by atoms with Gasteiger partial charge in [0.2, 0.25) is 0 Å². The number of hydrogen-bond donors (Lipinski definition) is 1. The van der Waals surface area contributed by atoms with Crippen LogP contribution in [-0.4, -0.2) is 36.3 Å². The maximum absolute atomic E-state index is 12.0. The number of nitrogens with two attached hydrogens (primary N) is 1. The van der Waals surface area contributed by atoms with Crippen LogP contribution < -0.4 is 15.2 Å². The molecular formula is C26H32N2O5. The molecule has 1 heterocycles. The number of primary amides is 1. The van der Waals surface area contributed by atoms with Crippen molar-refractivity contribution in [1.82, 2.24) is 4.57 Å². The summed E-state index contributed by atoms with van der Waals surface area (Å²) >= 11 is 0. The molecule has 0 saturated carbocycles. The molecule has 3 rings (SSSR count). The summed E-state index contributed by atoms with van der Waals surface area (Å²) in [7, 11) is 0. The van der Waals surface area contributed by atoms with Crippen molar-refractivity contribution in [2.75, 3.05) is 19.8 Å². The predicted octanol–water partition coefficient (Wildman–Crippen LogP) is 4.45. The number of rotatable bonds is 10. The van der Waals surface area contributed by atoms with Gasteiger partial charge in [0.1, 0.15) is 17.2 Å². The Labute approximate surface area is 194 Å². The summed E-state index contributed by atoms with van der Waals surface area (Å²) < 4.78 is 18.2. The molecule has 0 saturated heterocycles. The number of esters is 1. The van der Waals surface area contributed by atoms with Crippen molar-refractivity contribution in [3.05, 3.63) is 59.8 Å².